The molecule has 2 heterocycles. The van der Waals surface area contributed by atoms with E-state index in [-0.39, 0.29) is 5.82 Å². The standard InChI is InChI=1S/C15H13F2N5O/c1-8-5-6-18-15-20-13(21-22(8)15)14(23)19-9(2)10-3-4-11(16)12(17)7-10/h3-7,9H,1-2H3,(H,19,23). The highest BCUT2D eigenvalue weighted by Gasteiger charge is 2.18. The lowest BCUT2D eigenvalue weighted by Crippen LogP contribution is -2.27. The van der Waals surface area contributed by atoms with Crippen LogP contribution in [0.2, 0.25) is 0 Å². The monoisotopic (exact) mass is 317 g/mol. The van der Waals surface area contributed by atoms with E-state index in [9.17, 15) is 13.6 Å². The molecule has 0 radical (unpaired) electrons. The van der Waals surface area contributed by atoms with E-state index in [0.29, 0.717) is 11.3 Å². The maximum Gasteiger partial charge on any atom is 0.291 e. The van der Waals surface area contributed by atoms with Gasteiger partial charge in [0.05, 0.1) is 6.04 Å². The molecule has 0 saturated carbocycles. The Kier molecular flexibility index (Phi) is 3.73. The van der Waals surface area contributed by atoms with E-state index in [1.165, 1.54) is 10.6 Å². The van der Waals surface area contributed by atoms with Crippen LogP contribution in [-0.4, -0.2) is 25.5 Å². The van der Waals surface area contributed by atoms with Gasteiger partial charge in [-0.3, -0.25) is 4.79 Å². The number of hydrogen-bond acceptors (Lipinski definition) is 4. The molecule has 0 fully saturated rings. The molecule has 1 aromatic carbocycles. The first-order chi connectivity index (χ1) is 11.0. The molecule has 2 aromatic heterocycles. The number of aromatic nitrogens is 4. The van der Waals surface area contributed by atoms with E-state index in [2.05, 4.69) is 20.4 Å². The van der Waals surface area contributed by atoms with E-state index in [1.807, 2.05) is 6.92 Å². The van der Waals surface area contributed by atoms with Gasteiger partial charge >= 0.3 is 0 Å². The van der Waals surface area contributed by atoms with Gasteiger partial charge in [0.25, 0.3) is 11.7 Å². The summed E-state index contributed by atoms with van der Waals surface area (Å²) < 4.78 is 27.7. The molecular weight excluding hydrogens is 304 g/mol. The normalized spacial score (nSPS) is 12.3. The summed E-state index contributed by atoms with van der Waals surface area (Å²) in [5.41, 5.74) is 1.23. The zero-order chi connectivity index (χ0) is 16.6. The minimum Gasteiger partial charge on any atom is -0.343 e. The quantitative estimate of drug-likeness (QED) is 0.804. The Morgan fingerprint density at radius 3 is 2.74 bits per heavy atom. The van der Waals surface area contributed by atoms with Gasteiger partial charge in [0.15, 0.2) is 11.6 Å². The molecule has 1 atom stereocenters. The molecule has 0 saturated heterocycles. The number of carbonyl (C=O) groups is 1. The molecule has 1 unspecified atom stereocenters. The van der Waals surface area contributed by atoms with Crippen molar-refractivity contribution in [1.29, 1.82) is 0 Å². The van der Waals surface area contributed by atoms with Crippen LogP contribution >= 0.6 is 0 Å². The average Bonchev–Trinajstić information content (AvgIpc) is 2.95. The number of nitrogens with one attached hydrogen (secondary N) is 1. The van der Waals surface area contributed by atoms with Crippen molar-refractivity contribution < 1.29 is 13.6 Å². The van der Waals surface area contributed by atoms with Gasteiger partial charge in [0.2, 0.25) is 5.82 Å². The van der Waals surface area contributed by atoms with Gasteiger partial charge in [0.1, 0.15) is 0 Å². The molecule has 0 aliphatic heterocycles. The lowest BCUT2D eigenvalue weighted by molar-refractivity contribution is 0.0929. The number of amides is 1. The van der Waals surface area contributed by atoms with Gasteiger partial charge in [-0.05, 0) is 37.6 Å². The number of carbonyl (C=O) groups excluding carboxylic acids is 1. The minimum absolute atomic E-state index is 0.0405. The Morgan fingerprint density at radius 1 is 1.26 bits per heavy atom. The maximum absolute atomic E-state index is 13.3. The number of halogens is 2. The van der Waals surface area contributed by atoms with Crippen molar-refractivity contribution in [3.05, 3.63) is 59.2 Å². The second-order valence-corrected chi connectivity index (χ2v) is 5.10. The van der Waals surface area contributed by atoms with Crippen LogP contribution < -0.4 is 5.32 Å². The van der Waals surface area contributed by atoms with E-state index in [0.717, 1.165) is 17.8 Å². The van der Waals surface area contributed by atoms with Crippen LogP contribution in [0.5, 0.6) is 0 Å². The highest BCUT2D eigenvalue weighted by molar-refractivity contribution is 5.91. The van der Waals surface area contributed by atoms with E-state index < -0.39 is 23.6 Å². The summed E-state index contributed by atoms with van der Waals surface area (Å²) in [5.74, 6) is -2.14. The highest BCUT2D eigenvalue weighted by Crippen LogP contribution is 2.16. The average molecular weight is 317 g/mol. The third-order valence-corrected chi connectivity index (χ3v) is 3.42. The van der Waals surface area contributed by atoms with Gasteiger partial charge in [-0.2, -0.15) is 4.98 Å². The van der Waals surface area contributed by atoms with Crippen LogP contribution in [-0.2, 0) is 0 Å². The summed E-state index contributed by atoms with van der Waals surface area (Å²) in [6.07, 6.45) is 1.57. The van der Waals surface area contributed by atoms with Crippen LogP contribution in [0.4, 0.5) is 8.78 Å². The van der Waals surface area contributed by atoms with Crippen LogP contribution in [0.25, 0.3) is 5.78 Å². The molecule has 8 heteroatoms. The second kappa shape index (κ2) is 5.71. The smallest absolute Gasteiger partial charge is 0.291 e. The molecule has 1 amide bonds. The van der Waals surface area contributed by atoms with Crippen molar-refractivity contribution in [2.45, 2.75) is 19.9 Å². The molecular formula is C15H13F2N5O. The summed E-state index contributed by atoms with van der Waals surface area (Å²) in [4.78, 5) is 20.3. The maximum atomic E-state index is 13.3. The summed E-state index contributed by atoms with van der Waals surface area (Å²) in [6.45, 7) is 3.47. The van der Waals surface area contributed by atoms with Gasteiger partial charge in [-0.25, -0.2) is 18.3 Å². The summed E-state index contributed by atoms with van der Waals surface area (Å²) in [6, 6.07) is 4.69. The molecule has 3 rings (SSSR count). The Balaban J connectivity index is 1.82. The van der Waals surface area contributed by atoms with Crippen LogP contribution in [0.3, 0.4) is 0 Å². The van der Waals surface area contributed by atoms with Crippen LogP contribution in [0.15, 0.2) is 30.5 Å². The van der Waals surface area contributed by atoms with E-state index >= 15 is 0 Å². The fourth-order valence-corrected chi connectivity index (χ4v) is 2.13. The fourth-order valence-electron chi connectivity index (χ4n) is 2.13. The fraction of sp³-hybridized carbons (Fsp3) is 0.200. The third kappa shape index (κ3) is 2.87. The summed E-state index contributed by atoms with van der Waals surface area (Å²) in [5, 5.41) is 6.73. The Bertz CT molecular complexity index is 893. The number of benzene rings is 1. The van der Waals surface area contributed by atoms with Crippen molar-refractivity contribution in [3.63, 3.8) is 0 Å². The van der Waals surface area contributed by atoms with Crippen LogP contribution in [0, 0.1) is 18.6 Å². The SMILES string of the molecule is Cc1ccnc2nc(C(=O)NC(C)c3ccc(F)c(F)c3)nn12. The van der Waals surface area contributed by atoms with Gasteiger partial charge in [-0.15, -0.1) is 5.10 Å². The predicted octanol–water partition coefficient (Wildman–Crippen LogP) is 2.20. The zero-order valence-electron chi connectivity index (χ0n) is 12.4. The first-order valence-corrected chi connectivity index (χ1v) is 6.90. The predicted molar refractivity (Wildman–Crippen MR) is 77.8 cm³/mol. The summed E-state index contributed by atoms with van der Waals surface area (Å²) >= 11 is 0. The Hall–Kier alpha value is -2.90. The Labute approximate surface area is 130 Å². The first kappa shape index (κ1) is 15.0. The van der Waals surface area contributed by atoms with Crippen molar-refractivity contribution in [3.8, 4) is 0 Å². The third-order valence-electron chi connectivity index (χ3n) is 3.42. The molecule has 23 heavy (non-hydrogen) atoms. The van der Waals surface area contributed by atoms with Crippen molar-refractivity contribution >= 4 is 11.7 Å². The molecule has 0 spiro atoms. The molecule has 1 N–H and O–H groups in total. The van der Waals surface area contributed by atoms with E-state index in [1.54, 1.807) is 19.2 Å². The van der Waals surface area contributed by atoms with Gasteiger partial charge in [-0.1, -0.05) is 6.07 Å². The molecule has 0 aliphatic carbocycles. The topological polar surface area (TPSA) is 72.2 Å². The molecule has 3 aromatic rings. The minimum atomic E-state index is -0.964. The van der Waals surface area contributed by atoms with Gasteiger partial charge in [0, 0.05) is 11.9 Å². The molecule has 6 nitrogen and oxygen atoms in total. The van der Waals surface area contributed by atoms with Crippen LogP contribution in [0.1, 0.15) is 34.8 Å². The number of fused-ring (bicyclic) bond motifs is 1. The molecule has 118 valence electrons. The number of nitrogens with zero attached hydrogens (tertiary/aromatic N) is 4. The van der Waals surface area contributed by atoms with E-state index in [4.69, 9.17) is 0 Å². The van der Waals surface area contributed by atoms with Crippen molar-refractivity contribution in [2.24, 2.45) is 0 Å². The summed E-state index contributed by atoms with van der Waals surface area (Å²) in [7, 11) is 0. The number of hydrogen-bond donors (Lipinski definition) is 1. The lowest BCUT2D eigenvalue weighted by Gasteiger charge is -2.13. The van der Waals surface area contributed by atoms with Crippen molar-refractivity contribution in [1.82, 2.24) is 24.9 Å². The van der Waals surface area contributed by atoms with Gasteiger partial charge < -0.3 is 5.32 Å². The number of aryl methyl sites for hydroxylation is 1. The zero-order valence-corrected chi connectivity index (χ0v) is 12.4. The lowest BCUT2D eigenvalue weighted by atomic mass is 10.1. The van der Waals surface area contributed by atoms with Crippen molar-refractivity contribution in [2.75, 3.05) is 0 Å². The highest BCUT2D eigenvalue weighted by atomic mass is 19.2. The first-order valence-electron chi connectivity index (χ1n) is 6.90. The number of rotatable bonds is 3. The Morgan fingerprint density at radius 2 is 2.04 bits per heavy atom. The molecule has 0 bridgehead atoms. The largest absolute Gasteiger partial charge is 0.343 e. The molecule has 0 aliphatic rings. The second-order valence-electron chi connectivity index (χ2n) is 5.10.